The average molecular weight is 271 g/mol. The zero-order chi connectivity index (χ0) is 14.9. The molecule has 0 radical (unpaired) electrons. The molecule has 0 aliphatic carbocycles. The van der Waals surface area contributed by atoms with E-state index >= 15 is 0 Å². The first-order valence-electron chi connectivity index (χ1n) is 8.29. The lowest BCUT2D eigenvalue weighted by atomic mass is 9.84. The van der Waals surface area contributed by atoms with E-state index in [9.17, 15) is 0 Å². The highest BCUT2D eigenvalue weighted by molar-refractivity contribution is 4.82. The largest absolute Gasteiger partial charge is 0.316 e. The summed E-state index contributed by atoms with van der Waals surface area (Å²) in [5.74, 6) is 0.739. The van der Waals surface area contributed by atoms with E-state index in [-0.39, 0.29) is 0 Å². The molecule has 0 rings (SSSR count). The van der Waals surface area contributed by atoms with Crippen LogP contribution in [-0.4, -0.2) is 37.6 Å². The third-order valence-corrected chi connectivity index (χ3v) is 4.15. The standard InChI is InChI=1S/C17H38N2/c1-8-11-17(6,13-18-12-15(4)5)14-19(7)16(9-2)10-3/h15-16,18H,8-14H2,1-7H3. The molecule has 2 nitrogen and oxygen atoms in total. The minimum absolute atomic E-state index is 0.404. The average Bonchev–Trinajstić information content (AvgIpc) is 2.29. The van der Waals surface area contributed by atoms with Crippen LogP contribution in [0.4, 0.5) is 0 Å². The number of rotatable bonds is 11. The predicted octanol–water partition coefficient (Wildman–Crippen LogP) is 4.16. The molecule has 0 fully saturated rings. The first-order chi connectivity index (χ1) is 8.88. The van der Waals surface area contributed by atoms with E-state index in [1.54, 1.807) is 0 Å². The summed E-state index contributed by atoms with van der Waals surface area (Å²) in [5.41, 5.74) is 0.404. The van der Waals surface area contributed by atoms with Gasteiger partial charge in [-0.1, -0.05) is 48.0 Å². The van der Waals surface area contributed by atoms with Gasteiger partial charge in [-0.05, 0) is 44.2 Å². The Labute approximate surface area is 122 Å². The van der Waals surface area contributed by atoms with Crippen LogP contribution in [0.15, 0.2) is 0 Å². The normalized spacial score (nSPS) is 15.5. The molecular weight excluding hydrogens is 232 g/mol. The Morgan fingerprint density at radius 1 is 1.11 bits per heavy atom. The molecule has 116 valence electrons. The first kappa shape index (κ1) is 18.9. The maximum Gasteiger partial charge on any atom is 0.00872 e. The number of nitrogens with one attached hydrogen (secondary N) is 1. The molecule has 0 aromatic heterocycles. The second kappa shape index (κ2) is 9.77. The zero-order valence-corrected chi connectivity index (χ0v) is 14.6. The van der Waals surface area contributed by atoms with Gasteiger partial charge in [-0.25, -0.2) is 0 Å². The van der Waals surface area contributed by atoms with Gasteiger partial charge in [-0.2, -0.15) is 0 Å². The van der Waals surface area contributed by atoms with Gasteiger partial charge in [0.15, 0.2) is 0 Å². The molecule has 1 N–H and O–H groups in total. The predicted molar refractivity (Wildman–Crippen MR) is 87.7 cm³/mol. The summed E-state index contributed by atoms with van der Waals surface area (Å²) in [7, 11) is 2.30. The van der Waals surface area contributed by atoms with Crippen LogP contribution in [0.5, 0.6) is 0 Å². The third kappa shape index (κ3) is 7.94. The molecular formula is C17H38N2. The quantitative estimate of drug-likeness (QED) is 0.606. The minimum atomic E-state index is 0.404. The molecule has 2 heteroatoms. The van der Waals surface area contributed by atoms with Crippen LogP contribution in [0.3, 0.4) is 0 Å². The van der Waals surface area contributed by atoms with Crippen LogP contribution in [0, 0.1) is 11.3 Å². The van der Waals surface area contributed by atoms with E-state index in [2.05, 4.69) is 58.8 Å². The van der Waals surface area contributed by atoms with Crippen LogP contribution in [0.1, 0.15) is 67.2 Å². The van der Waals surface area contributed by atoms with Crippen molar-refractivity contribution in [3.8, 4) is 0 Å². The van der Waals surface area contributed by atoms with Gasteiger partial charge in [0.05, 0.1) is 0 Å². The molecule has 0 amide bonds. The van der Waals surface area contributed by atoms with Crippen LogP contribution in [0.2, 0.25) is 0 Å². The second-order valence-corrected chi connectivity index (χ2v) is 6.97. The molecule has 0 aromatic rings. The maximum atomic E-state index is 3.66. The summed E-state index contributed by atoms with van der Waals surface area (Å²) in [6.45, 7) is 17.4. The summed E-state index contributed by atoms with van der Waals surface area (Å²) in [6.07, 6.45) is 5.10. The lowest BCUT2D eigenvalue weighted by molar-refractivity contribution is 0.129. The second-order valence-electron chi connectivity index (χ2n) is 6.97. The van der Waals surface area contributed by atoms with Crippen molar-refractivity contribution in [3.63, 3.8) is 0 Å². The Morgan fingerprint density at radius 3 is 2.11 bits per heavy atom. The van der Waals surface area contributed by atoms with E-state index < -0.39 is 0 Å². The van der Waals surface area contributed by atoms with Crippen LogP contribution >= 0.6 is 0 Å². The lowest BCUT2D eigenvalue weighted by Crippen LogP contribution is -2.44. The number of hydrogen-bond acceptors (Lipinski definition) is 2. The van der Waals surface area contributed by atoms with Crippen molar-refractivity contribution in [2.75, 3.05) is 26.7 Å². The van der Waals surface area contributed by atoms with E-state index in [0.717, 1.165) is 25.0 Å². The van der Waals surface area contributed by atoms with Crippen molar-refractivity contribution >= 4 is 0 Å². The fourth-order valence-corrected chi connectivity index (χ4v) is 3.13. The molecule has 0 saturated heterocycles. The highest BCUT2D eigenvalue weighted by Crippen LogP contribution is 2.25. The fraction of sp³-hybridized carbons (Fsp3) is 1.00. The molecule has 0 heterocycles. The van der Waals surface area contributed by atoms with Crippen LogP contribution in [0.25, 0.3) is 0 Å². The SMILES string of the molecule is CCCC(C)(CNCC(C)C)CN(C)C(CC)CC. The fourth-order valence-electron chi connectivity index (χ4n) is 3.13. The van der Waals surface area contributed by atoms with Crippen molar-refractivity contribution < 1.29 is 0 Å². The van der Waals surface area contributed by atoms with Gasteiger partial charge in [0, 0.05) is 19.1 Å². The van der Waals surface area contributed by atoms with Crippen molar-refractivity contribution in [1.29, 1.82) is 0 Å². The van der Waals surface area contributed by atoms with Crippen LogP contribution < -0.4 is 5.32 Å². The molecule has 0 aromatic carbocycles. The van der Waals surface area contributed by atoms with Crippen molar-refractivity contribution in [2.24, 2.45) is 11.3 Å². The lowest BCUT2D eigenvalue weighted by Gasteiger charge is -2.37. The van der Waals surface area contributed by atoms with Crippen LogP contribution in [-0.2, 0) is 0 Å². The van der Waals surface area contributed by atoms with Gasteiger partial charge in [-0.15, -0.1) is 0 Å². The summed E-state index contributed by atoms with van der Waals surface area (Å²) in [6, 6.07) is 0.737. The summed E-state index contributed by atoms with van der Waals surface area (Å²) >= 11 is 0. The number of nitrogens with zero attached hydrogens (tertiary/aromatic N) is 1. The molecule has 1 unspecified atom stereocenters. The summed E-state index contributed by atoms with van der Waals surface area (Å²) < 4.78 is 0. The van der Waals surface area contributed by atoms with E-state index in [4.69, 9.17) is 0 Å². The Hall–Kier alpha value is -0.0800. The summed E-state index contributed by atoms with van der Waals surface area (Å²) in [5, 5.41) is 3.66. The van der Waals surface area contributed by atoms with E-state index in [1.807, 2.05) is 0 Å². The Bertz CT molecular complexity index is 211. The Kier molecular flexibility index (Phi) is 9.72. The first-order valence-corrected chi connectivity index (χ1v) is 8.29. The monoisotopic (exact) mass is 270 g/mol. The Morgan fingerprint density at radius 2 is 1.68 bits per heavy atom. The molecule has 0 spiro atoms. The zero-order valence-electron chi connectivity index (χ0n) is 14.6. The third-order valence-electron chi connectivity index (χ3n) is 4.15. The molecule has 0 bridgehead atoms. The maximum absolute atomic E-state index is 3.66. The highest BCUT2D eigenvalue weighted by Gasteiger charge is 2.26. The van der Waals surface area contributed by atoms with Crippen molar-refractivity contribution in [2.45, 2.75) is 73.3 Å². The summed E-state index contributed by atoms with van der Waals surface area (Å²) in [4.78, 5) is 2.58. The Balaban J connectivity index is 4.42. The molecule has 1 atom stereocenters. The van der Waals surface area contributed by atoms with Gasteiger partial charge in [-0.3, -0.25) is 0 Å². The topological polar surface area (TPSA) is 15.3 Å². The van der Waals surface area contributed by atoms with Gasteiger partial charge < -0.3 is 10.2 Å². The van der Waals surface area contributed by atoms with Gasteiger partial charge >= 0.3 is 0 Å². The molecule has 0 saturated carbocycles. The van der Waals surface area contributed by atoms with Crippen molar-refractivity contribution in [1.82, 2.24) is 10.2 Å². The molecule has 0 aliphatic heterocycles. The van der Waals surface area contributed by atoms with Gasteiger partial charge in [0.1, 0.15) is 0 Å². The number of hydrogen-bond donors (Lipinski definition) is 1. The molecule has 0 aliphatic rings. The van der Waals surface area contributed by atoms with Gasteiger partial charge in [0.2, 0.25) is 0 Å². The van der Waals surface area contributed by atoms with Crippen molar-refractivity contribution in [3.05, 3.63) is 0 Å². The van der Waals surface area contributed by atoms with Gasteiger partial charge in [0.25, 0.3) is 0 Å². The highest BCUT2D eigenvalue weighted by atomic mass is 15.1. The smallest absolute Gasteiger partial charge is 0.00872 e. The van der Waals surface area contributed by atoms with E-state index in [0.29, 0.717) is 5.41 Å². The molecule has 19 heavy (non-hydrogen) atoms. The van der Waals surface area contributed by atoms with E-state index in [1.165, 1.54) is 32.2 Å². The minimum Gasteiger partial charge on any atom is -0.316 e.